The Hall–Kier alpha value is -2.10. The van der Waals surface area contributed by atoms with Crippen molar-refractivity contribution in [2.45, 2.75) is 46.5 Å². The molecule has 2 rings (SSSR count). The number of halogens is 1. The van der Waals surface area contributed by atoms with Crippen LogP contribution in [0.25, 0.3) is 0 Å². The number of aromatic nitrogens is 1. The summed E-state index contributed by atoms with van der Waals surface area (Å²) in [6, 6.07) is 5.85. The Morgan fingerprint density at radius 2 is 2.11 bits per heavy atom. The highest BCUT2D eigenvalue weighted by atomic mass is 35.5. The molecule has 1 heterocycles. The summed E-state index contributed by atoms with van der Waals surface area (Å²) in [4.78, 5) is 6.44. The van der Waals surface area contributed by atoms with Crippen LogP contribution in [0.15, 0.2) is 17.1 Å². The topological polar surface area (TPSA) is 61.5 Å². The maximum atomic E-state index is 9.62. The van der Waals surface area contributed by atoms with Crippen molar-refractivity contribution in [2.24, 2.45) is 4.99 Å². The van der Waals surface area contributed by atoms with Crippen LogP contribution in [-0.4, -0.2) is 29.2 Å². The summed E-state index contributed by atoms with van der Waals surface area (Å²) < 4.78 is 10.4. The van der Waals surface area contributed by atoms with Crippen LogP contribution < -0.4 is 4.74 Å². The van der Waals surface area contributed by atoms with E-state index < -0.39 is 0 Å². The van der Waals surface area contributed by atoms with Crippen molar-refractivity contribution in [2.75, 3.05) is 13.6 Å². The summed E-state index contributed by atoms with van der Waals surface area (Å²) in [5.41, 5.74) is 2.78. The second-order valence-corrected chi connectivity index (χ2v) is 8.17. The van der Waals surface area contributed by atoms with E-state index in [9.17, 15) is 5.26 Å². The first-order valence-electron chi connectivity index (χ1n) is 8.86. The van der Waals surface area contributed by atoms with Gasteiger partial charge in [0.1, 0.15) is 17.4 Å². The van der Waals surface area contributed by atoms with E-state index in [2.05, 4.69) is 43.1 Å². The number of aryl methyl sites for hydroxylation is 1. The molecular formula is C20H25ClN4OS. The molecule has 0 aliphatic carbocycles. The van der Waals surface area contributed by atoms with Gasteiger partial charge in [-0.05, 0) is 38.0 Å². The Bertz CT molecular complexity index is 883. The third-order valence-electron chi connectivity index (χ3n) is 4.64. The summed E-state index contributed by atoms with van der Waals surface area (Å²) in [6.45, 7) is 11.1. The zero-order valence-electron chi connectivity index (χ0n) is 16.6. The molecule has 27 heavy (non-hydrogen) atoms. The van der Waals surface area contributed by atoms with Gasteiger partial charge < -0.3 is 9.64 Å². The minimum absolute atomic E-state index is 0.188. The molecule has 0 unspecified atom stereocenters. The Morgan fingerprint density at radius 1 is 1.41 bits per heavy atom. The van der Waals surface area contributed by atoms with Crippen LogP contribution in [0.3, 0.4) is 0 Å². The van der Waals surface area contributed by atoms with Gasteiger partial charge in [-0.25, -0.2) is 4.99 Å². The van der Waals surface area contributed by atoms with Crippen molar-refractivity contribution >= 4 is 35.2 Å². The van der Waals surface area contributed by atoms with E-state index in [0.29, 0.717) is 21.4 Å². The SMILES string of the molecule is CCN(C)/C=N\c1cc(Cl)c(Oc2snc(C(C)(C)CC)c2C#N)cc1C. The number of hydrogen-bond acceptors (Lipinski definition) is 5. The number of nitriles is 1. The van der Waals surface area contributed by atoms with Crippen LogP contribution in [0.1, 0.15) is 50.9 Å². The molecule has 0 radical (unpaired) electrons. The van der Waals surface area contributed by atoms with Crippen LogP contribution >= 0.6 is 23.1 Å². The molecule has 1 aromatic carbocycles. The smallest absolute Gasteiger partial charge is 0.218 e. The van der Waals surface area contributed by atoms with Crippen LogP contribution in [0.5, 0.6) is 10.8 Å². The third-order valence-corrected chi connectivity index (χ3v) is 5.67. The lowest BCUT2D eigenvalue weighted by atomic mass is 9.84. The van der Waals surface area contributed by atoms with Crippen LogP contribution in [0.2, 0.25) is 5.02 Å². The van der Waals surface area contributed by atoms with Crippen LogP contribution in [0.4, 0.5) is 5.69 Å². The first-order chi connectivity index (χ1) is 12.7. The van der Waals surface area contributed by atoms with Gasteiger partial charge in [0, 0.05) is 30.5 Å². The monoisotopic (exact) mass is 404 g/mol. The van der Waals surface area contributed by atoms with Gasteiger partial charge in [0.05, 0.1) is 22.7 Å². The molecule has 144 valence electrons. The average Bonchev–Trinajstić information content (AvgIpc) is 3.06. The summed E-state index contributed by atoms with van der Waals surface area (Å²) >= 11 is 7.59. The van der Waals surface area contributed by atoms with Crippen molar-refractivity contribution in [3.8, 4) is 16.9 Å². The second kappa shape index (κ2) is 8.73. The normalized spacial score (nSPS) is 11.6. The number of nitrogens with zero attached hydrogens (tertiary/aromatic N) is 4. The highest BCUT2D eigenvalue weighted by Gasteiger charge is 2.28. The summed E-state index contributed by atoms with van der Waals surface area (Å²) in [5.74, 6) is 0.498. The van der Waals surface area contributed by atoms with Gasteiger partial charge in [-0.15, -0.1) is 0 Å². The van der Waals surface area contributed by atoms with Gasteiger partial charge >= 0.3 is 0 Å². The zero-order valence-corrected chi connectivity index (χ0v) is 18.2. The second-order valence-electron chi connectivity index (χ2n) is 7.03. The lowest BCUT2D eigenvalue weighted by Gasteiger charge is -2.20. The number of rotatable bonds is 7. The Kier molecular flexibility index (Phi) is 6.85. The molecule has 0 aliphatic heterocycles. The molecule has 0 spiro atoms. The average molecular weight is 405 g/mol. The number of aliphatic imine (C=N–C) groups is 1. The summed E-state index contributed by atoms with van der Waals surface area (Å²) in [7, 11) is 1.96. The molecule has 5 nitrogen and oxygen atoms in total. The van der Waals surface area contributed by atoms with Crippen molar-refractivity contribution in [1.29, 1.82) is 5.26 Å². The number of hydrogen-bond donors (Lipinski definition) is 0. The van der Waals surface area contributed by atoms with Gasteiger partial charge in [-0.3, -0.25) is 0 Å². The molecule has 0 fully saturated rings. The van der Waals surface area contributed by atoms with E-state index in [-0.39, 0.29) is 5.41 Å². The molecule has 0 bridgehead atoms. The number of ether oxygens (including phenoxy) is 1. The predicted octanol–water partition coefficient (Wildman–Crippen LogP) is 6.07. The van der Waals surface area contributed by atoms with E-state index in [1.165, 1.54) is 11.5 Å². The lowest BCUT2D eigenvalue weighted by molar-refractivity contribution is 0.479. The Morgan fingerprint density at radius 3 is 2.70 bits per heavy atom. The molecular weight excluding hydrogens is 380 g/mol. The zero-order chi connectivity index (χ0) is 20.2. The van der Waals surface area contributed by atoms with E-state index in [0.717, 1.165) is 29.9 Å². The summed E-state index contributed by atoms with van der Waals surface area (Å²) in [5, 5.41) is 10.5. The van der Waals surface area contributed by atoms with E-state index >= 15 is 0 Å². The molecule has 0 N–H and O–H groups in total. The molecule has 1 aromatic heterocycles. The fourth-order valence-electron chi connectivity index (χ4n) is 2.28. The maximum absolute atomic E-state index is 9.62. The Labute approximate surface area is 170 Å². The first-order valence-corrected chi connectivity index (χ1v) is 10.0. The predicted molar refractivity (Wildman–Crippen MR) is 113 cm³/mol. The minimum atomic E-state index is -0.188. The van der Waals surface area contributed by atoms with E-state index in [1.807, 2.05) is 24.9 Å². The largest absolute Gasteiger partial charge is 0.442 e. The molecule has 0 atom stereocenters. The molecule has 2 aromatic rings. The van der Waals surface area contributed by atoms with E-state index in [4.69, 9.17) is 16.3 Å². The van der Waals surface area contributed by atoms with Gasteiger partial charge in [-0.2, -0.15) is 9.64 Å². The molecule has 0 saturated heterocycles. The number of benzene rings is 1. The fourth-order valence-corrected chi connectivity index (χ4v) is 3.35. The van der Waals surface area contributed by atoms with Gasteiger partial charge in [-0.1, -0.05) is 32.4 Å². The van der Waals surface area contributed by atoms with Crippen molar-refractivity contribution in [3.63, 3.8) is 0 Å². The standard InChI is InChI=1S/C20H25ClN4OS/c1-7-20(4,5)18-14(11-22)19(27-24-18)26-17-9-13(3)16(10-15(17)21)23-12-25(6)8-2/h9-10,12H,7-8H2,1-6H3/b23-12-. The first kappa shape index (κ1) is 21.2. The molecule has 0 saturated carbocycles. The molecule has 0 amide bonds. The van der Waals surface area contributed by atoms with Gasteiger partial charge in [0.15, 0.2) is 0 Å². The van der Waals surface area contributed by atoms with Crippen LogP contribution in [-0.2, 0) is 5.41 Å². The van der Waals surface area contributed by atoms with Gasteiger partial charge in [0.2, 0.25) is 5.06 Å². The summed E-state index contributed by atoms with van der Waals surface area (Å²) in [6.07, 6.45) is 2.65. The fraction of sp³-hybridized carbons (Fsp3) is 0.450. The Balaban J connectivity index is 2.35. The van der Waals surface area contributed by atoms with Gasteiger partial charge in [0.25, 0.3) is 0 Å². The minimum Gasteiger partial charge on any atom is -0.442 e. The van der Waals surface area contributed by atoms with E-state index in [1.54, 1.807) is 12.4 Å². The third kappa shape index (κ3) is 4.79. The lowest BCUT2D eigenvalue weighted by Crippen LogP contribution is -2.17. The molecule has 0 aliphatic rings. The maximum Gasteiger partial charge on any atom is 0.218 e. The van der Waals surface area contributed by atoms with Crippen molar-refractivity contribution in [3.05, 3.63) is 34.0 Å². The molecule has 7 heteroatoms. The van der Waals surface area contributed by atoms with Crippen LogP contribution in [0, 0.1) is 18.3 Å². The van der Waals surface area contributed by atoms with Crippen molar-refractivity contribution in [1.82, 2.24) is 9.27 Å². The highest BCUT2D eigenvalue weighted by molar-refractivity contribution is 7.08. The van der Waals surface area contributed by atoms with Crippen molar-refractivity contribution < 1.29 is 4.74 Å². The quantitative estimate of drug-likeness (QED) is 0.415. The highest BCUT2D eigenvalue weighted by Crippen LogP contribution is 2.41.